The highest BCUT2D eigenvalue weighted by atomic mass is 32.2. The lowest BCUT2D eigenvalue weighted by molar-refractivity contribution is 0.311. The third-order valence-electron chi connectivity index (χ3n) is 5.89. The van der Waals surface area contributed by atoms with Gasteiger partial charge in [-0.1, -0.05) is 32.9 Å². The highest BCUT2D eigenvalue weighted by molar-refractivity contribution is 7.89. The van der Waals surface area contributed by atoms with E-state index >= 15 is 0 Å². The van der Waals surface area contributed by atoms with Crippen LogP contribution in [0.25, 0.3) is 11.2 Å². The van der Waals surface area contributed by atoms with Gasteiger partial charge in [-0.25, -0.2) is 22.6 Å². The SMILES string of the molecule is Cn1c(=O)n(CC(C)(C)C)c2ccc(C3CCCN(S(=O)(=O)c4ccccc4F)C3)nc21. The summed E-state index contributed by atoms with van der Waals surface area (Å²) in [6.45, 7) is 7.37. The molecule has 1 unspecified atom stereocenters. The number of halogens is 1. The molecular formula is C23H29FN4O3S. The van der Waals surface area contributed by atoms with E-state index < -0.39 is 15.8 Å². The zero-order valence-electron chi connectivity index (χ0n) is 18.9. The molecule has 7 nitrogen and oxygen atoms in total. The van der Waals surface area contributed by atoms with E-state index in [-0.39, 0.29) is 28.5 Å². The Morgan fingerprint density at radius 2 is 1.88 bits per heavy atom. The Hall–Kier alpha value is -2.52. The second-order valence-corrected chi connectivity index (χ2v) is 11.6. The summed E-state index contributed by atoms with van der Waals surface area (Å²) in [5.74, 6) is -0.875. The van der Waals surface area contributed by atoms with Gasteiger partial charge in [-0.3, -0.25) is 9.13 Å². The molecule has 1 aromatic carbocycles. The standard InChI is InChI=1S/C23H29FN4O3S/c1-23(2,3)15-28-19-12-11-18(25-21(19)26(4)22(28)29)16-8-7-13-27(14-16)32(30,31)20-10-6-5-9-17(20)24/h5-6,9-12,16H,7-8,13-15H2,1-4H3. The topological polar surface area (TPSA) is 77.2 Å². The van der Waals surface area contributed by atoms with Gasteiger partial charge in [0, 0.05) is 38.3 Å². The molecule has 4 rings (SSSR count). The molecule has 3 aromatic rings. The number of hydrogen-bond donors (Lipinski definition) is 0. The highest BCUT2D eigenvalue weighted by Gasteiger charge is 2.33. The van der Waals surface area contributed by atoms with E-state index in [9.17, 15) is 17.6 Å². The van der Waals surface area contributed by atoms with Crippen LogP contribution in [-0.2, 0) is 23.6 Å². The van der Waals surface area contributed by atoms with Crippen molar-refractivity contribution in [2.75, 3.05) is 13.1 Å². The molecule has 0 spiro atoms. The van der Waals surface area contributed by atoms with Gasteiger partial charge >= 0.3 is 5.69 Å². The van der Waals surface area contributed by atoms with Gasteiger partial charge in [0.1, 0.15) is 10.7 Å². The Bertz CT molecular complexity index is 1320. The molecule has 2 aromatic heterocycles. The lowest BCUT2D eigenvalue weighted by Gasteiger charge is -2.31. The number of piperidine rings is 1. The van der Waals surface area contributed by atoms with E-state index in [1.165, 1.54) is 22.5 Å². The Labute approximate surface area is 187 Å². The smallest absolute Gasteiger partial charge is 0.290 e. The molecule has 3 heterocycles. The van der Waals surface area contributed by atoms with E-state index in [1.807, 2.05) is 12.1 Å². The summed E-state index contributed by atoms with van der Waals surface area (Å²) >= 11 is 0. The Morgan fingerprint density at radius 1 is 1.16 bits per heavy atom. The van der Waals surface area contributed by atoms with Gasteiger partial charge < -0.3 is 0 Å². The lowest BCUT2D eigenvalue weighted by atomic mass is 9.95. The molecule has 9 heteroatoms. The molecule has 1 aliphatic heterocycles. The molecule has 0 bridgehead atoms. The van der Waals surface area contributed by atoms with Gasteiger partial charge in [-0.15, -0.1) is 0 Å². The number of pyridine rings is 1. The first-order chi connectivity index (χ1) is 15.0. The molecule has 0 saturated carbocycles. The van der Waals surface area contributed by atoms with Crippen LogP contribution in [0.1, 0.15) is 45.2 Å². The third kappa shape index (κ3) is 4.11. The van der Waals surface area contributed by atoms with Gasteiger partial charge in [0.2, 0.25) is 10.0 Å². The maximum absolute atomic E-state index is 14.2. The van der Waals surface area contributed by atoms with Crippen molar-refractivity contribution in [3.05, 3.63) is 58.4 Å². The number of aromatic nitrogens is 3. The van der Waals surface area contributed by atoms with Crippen molar-refractivity contribution >= 4 is 21.2 Å². The fraction of sp³-hybridized carbons (Fsp3) is 0.478. The van der Waals surface area contributed by atoms with Crippen LogP contribution in [0.3, 0.4) is 0 Å². The molecule has 32 heavy (non-hydrogen) atoms. The number of sulfonamides is 1. The Kier molecular flexibility index (Phi) is 5.75. The maximum Gasteiger partial charge on any atom is 0.330 e. The van der Waals surface area contributed by atoms with Crippen molar-refractivity contribution in [2.24, 2.45) is 12.5 Å². The van der Waals surface area contributed by atoms with Crippen LogP contribution in [0.15, 0.2) is 46.1 Å². The van der Waals surface area contributed by atoms with Crippen LogP contribution in [0.2, 0.25) is 0 Å². The van der Waals surface area contributed by atoms with Crippen LogP contribution in [0.4, 0.5) is 4.39 Å². The lowest BCUT2D eigenvalue weighted by Crippen LogP contribution is -2.39. The summed E-state index contributed by atoms with van der Waals surface area (Å²) in [6, 6.07) is 9.23. The average molecular weight is 461 g/mol. The van der Waals surface area contributed by atoms with Gasteiger partial charge in [-0.05, 0) is 42.5 Å². The number of rotatable bonds is 4. The molecule has 1 fully saturated rings. The summed E-state index contributed by atoms with van der Waals surface area (Å²) in [5, 5.41) is 0. The summed E-state index contributed by atoms with van der Waals surface area (Å²) in [4.78, 5) is 17.3. The Morgan fingerprint density at radius 3 is 2.56 bits per heavy atom. The van der Waals surface area contributed by atoms with Gasteiger partial charge in [0.05, 0.1) is 5.52 Å². The molecule has 0 amide bonds. The van der Waals surface area contributed by atoms with Crippen LogP contribution in [0, 0.1) is 11.2 Å². The normalized spacial score (nSPS) is 18.3. The van der Waals surface area contributed by atoms with Crippen molar-refractivity contribution in [2.45, 2.75) is 51.0 Å². The maximum atomic E-state index is 14.2. The summed E-state index contributed by atoms with van der Waals surface area (Å²) in [6.07, 6.45) is 1.43. The van der Waals surface area contributed by atoms with Crippen molar-refractivity contribution in [3.63, 3.8) is 0 Å². The molecule has 0 radical (unpaired) electrons. The fourth-order valence-corrected chi connectivity index (χ4v) is 5.93. The quantitative estimate of drug-likeness (QED) is 0.597. The second kappa shape index (κ2) is 8.12. The Balaban J connectivity index is 1.67. The second-order valence-electron chi connectivity index (χ2n) is 9.70. The van der Waals surface area contributed by atoms with E-state index in [0.717, 1.165) is 23.7 Å². The van der Waals surface area contributed by atoms with E-state index in [1.54, 1.807) is 16.2 Å². The van der Waals surface area contributed by atoms with E-state index in [4.69, 9.17) is 4.98 Å². The molecule has 1 atom stereocenters. The molecular weight excluding hydrogens is 431 g/mol. The van der Waals surface area contributed by atoms with Crippen LogP contribution in [0.5, 0.6) is 0 Å². The van der Waals surface area contributed by atoms with E-state index in [2.05, 4.69) is 20.8 Å². The number of nitrogens with zero attached hydrogens (tertiary/aromatic N) is 4. The predicted molar refractivity (Wildman–Crippen MR) is 122 cm³/mol. The van der Waals surface area contributed by atoms with Gasteiger partial charge in [-0.2, -0.15) is 4.31 Å². The zero-order chi connectivity index (χ0) is 23.3. The number of fused-ring (bicyclic) bond motifs is 1. The van der Waals surface area contributed by atoms with Crippen LogP contribution in [-0.4, -0.2) is 39.9 Å². The first-order valence-corrected chi connectivity index (χ1v) is 12.2. The predicted octanol–water partition coefficient (Wildman–Crippen LogP) is 3.49. The first kappa shape index (κ1) is 22.7. The number of aryl methyl sites for hydroxylation is 1. The zero-order valence-corrected chi connectivity index (χ0v) is 19.7. The summed E-state index contributed by atoms with van der Waals surface area (Å²) < 4.78 is 44.9. The van der Waals surface area contributed by atoms with Crippen LogP contribution < -0.4 is 5.69 Å². The molecule has 0 N–H and O–H groups in total. The monoisotopic (exact) mass is 460 g/mol. The third-order valence-corrected chi connectivity index (χ3v) is 7.79. The molecule has 1 aliphatic rings. The fourth-order valence-electron chi connectivity index (χ4n) is 4.34. The number of benzene rings is 1. The minimum absolute atomic E-state index is 0.0677. The van der Waals surface area contributed by atoms with E-state index in [0.29, 0.717) is 25.2 Å². The van der Waals surface area contributed by atoms with Crippen molar-refractivity contribution < 1.29 is 12.8 Å². The average Bonchev–Trinajstić information content (AvgIpc) is 2.97. The summed E-state index contributed by atoms with van der Waals surface area (Å²) in [5.41, 5.74) is 1.91. The minimum Gasteiger partial charge on any atom is -0.290 e. The van der Waals surface area contributed by atoms with Crippen LogP contribution >= 0.6 is 0 Å². The first-order valence-electron chi connectivity index (χ1n) is 10.8. The van der Waals surface area contributed by atoms with Crippen molar-refractivity contribution in [1.29, 1.82) is 0 Å². The van der Waals surface area contributed by atoms with Gasteiger partial charge in [0.15, 0.2) is 5.65 Å². The summed E-state index contributed by atoms with van der Waals surface area (Å²) in [7, 11) is -2.23. The number of hydrogen-bond acceptors (Lipinski definition) is 4. The molecule has 1 saturated heterocycles. The molecule has 0 aliphatic carbocycles. The van der Waals surface area contributed by atoms with Crippen molar-refractivity contribution in [3.8, 4) is 0 Å². The minimum atomic E-state index is -3.94. The van der Waals surface area contributed by atoms with Crippen molar-refractivity contribution in [1.82, 2.24) is 18.4 Å². The number of imidazole rings is 1. The van der Waals surface area contributed by atoms with Gasteiger partial charge in [0.25, 0.3) is 0 Å². The largest absolute Gasteiger partial charge is 0.330 e. The molecule has 172 valence electrons. The highest BCUT2D eigenvalue weighted by Crippen LogP contribution is 2.31.